The van der Waals surface area contributed by atoms with Crippen LogP contribution < -0.4 is 0 Å². The van der Waals surface area contributed by atoms with Crippen molar-refractivity contribution in [3.63, 3.8) is 0 Å². The standard InChI is InChI=1S/C16H22N4O2/c1-13-12-15(19(2)22-13)18-16(20-8-10-21-11-9-20)17-14-6-4-3-5-7-14/h3-7,13H,8-12H2,1-2H3/b17-16-,18-15+. The highest BCUT2D eigenvalue weighted by Gasteiger charge is 2.25. The normalized spacial score (nSPS) is 25.1. The molecule has 2 heterocycles. The van der Waals surface area contributed by atoms with Crippen LogP contribution in [0.1, 0.15) is 13.3 Å². The Morgan fingerprint density at radius 1 is 1.18 bits per heavy atom. The van der Waals surface area contributed by atoms with Crippen LogP contribution in [-0.2, 0) is 9.57 Å². The Balaban J connectivity index is 1.89. The lowest BCUT2D eigenvalue weighted by Gasteiger charge is -2.28. The zero-order valence-electron chi connectivity index (χ0n) is 13.1. The highest BCUT2D eigenvalue weighted by molar-refractivity contribution is 5.97. The zero-order valence-corrected chi connectivity index (χ0v) is 13.1. The molecule has 0 saturated carbocycles. The molecule has 2 saturated heterocycles. The molecule has 0 N–H and O–H groups in total. The number of aliphatic imine (C=N–C) groups is 2. The van der Waals surface area contributed by atoms with Crippen LogP contribution >= 0.6 is 0 Å². The number of para-hydroxylation sites is 1. The SMILES string of the molecule is CC1C/C(=N\C(=N\c2ccccc2)N2CCOCC2)N(C)O1. The summed E-state index contributed by atoms with van der Waals surface area (Å²) < 4.78 is 5.43. The molecule has 0 radical (unpaired) electrons. The van der Waals surface area contributed by atoms with Crippen LogP contribution in [0, 0.1) is 0 Å². The number of hydrogen-bond acceptors (Lipinski definition) is 3. The average molecular weight is 302 g/mol. The number of guanidine groups is 1. The van der Waals surface area contributed by atoms with Gasteiger partial charge in [-0.25, -0.2) is 10.1 Å². The van der Waals surface area contributed by atoms with Gasteiger partial charge in [-0.2, -0.15) is 4.99 Å². The molecular formula is C16H22N4O2. The topological polar surface area (TPSA) is 49.7 Å². The Morgan fingerprint density at radius 3 is 2.55 bits per heavy atom. The van der Waals surface area contributed by atoms with Gasteiger partial charge in [-0.1, -0.05) is 18.2 Å². The molecule has 1 aromatic carbocycles. The number of amidine groups is 1. The second kappa shape index (κ2) is 6.89. The smallest absolute Gasteiger partial charge is 0.227 e. The van der Waals surface area contributed by atoms with E-state index in [0.717, 1.165) is 37.0 Å². The molecule has 1 atom stereocenters. The Bertz CT molecular complexity index is 553. The van der Waals surface area contributed by atoms with E-state index in [4.69, 9.17) is 19.6 Å². The summed E-state index contributed by atoms with van der Waals surface area (Å²) in [6, 6.07) is 9.92. The van der Waals surface area contributed by atoms with Crippen molar-refractivity contribution in [3.8, 4) is 0 Å². The van der Waals surface area contributed by atoms with E-state index < -0.39 is 0 Å². The Morgan fingerprint density at radius 2 is 1.91 bits per heavy atom. The van der Waals surface area contributed by atoms with E-state index in [-0.39, 0.29) is 6.10 Å². The molecule has 2 aliphatic heterocycles. The van der Waals surface area contributed by atoms with E-state index in [9.17, 15) is 0 Å². The van der Waals surface area contributed by atoms with E-state index in [1.165, 1.54) is 0 Å². The fraction of sp³-hybridized carbons (Fsp3) is 0.500. The van der Waals surface area contributed by atoms with Crippen molar-refractivity contribution >= 4 is 17.5 Å². The average Bonchev–Trinajstić information content (AvgIpc) is 2.86. The van der Waals surface area contributed by atoms with Gasteiger partial charge < -0.3 is 9.64 Å². The maximum atomic E-state index is 5.62. The maximum absolute atomic E-state index is 5.62. The lowest BCUT2D eigenvalue weighted by atomic mass is 10.3. The third-order valence-electron chi connectivity index (χ3n) is 3.68. The molecule has 1 unspecified atom stereocenters. The van der Waals surface area contributed by atoms with E-state index in [1.807, 2.05) is 44.3 Å². The van der Waals surface area contributed by atoms with Gasteiger partial charge in [0.1, 0.15) is 5.84 Å². The molecular weight excluding hydrogens is 280 g/mol. The number of rotatable bonds is 1. The molecule has 0 aliphatic carbocycles. The summed E-state index contributed by atoms with van der Waals surface area (Å²) in [6.07, 6.45) is 0.959. The van der Waals surface area contributed by atoms with Crippen LogP contribution in [0.4, 0.5) is 5.69 Å². The van der Waals surface area contributed by atoms with Crippen LogP contribution in [-0.4, -0.2) is 61.2 Å². The molecule has 2 fully saturated rings. The number of nitrogens with zero attached hydrogens (tertiary/aromatic N) is 4. The summed E-state index contributed by atoms with van der Waals surface area (Å²) in [5.41, 5.74) is 0.906. The van der Waals surface area contributed by atoms with E-state index >= 15 is 0 Å². The van der Waals surface area contributed by atoms with Gasteiger partial charge in [-0.15, -0.1) is 0 Å². The van der Waals surface area contributed by atoms with Gasteiger partial charge in [-0.3, -0.25) is 4.84 Å². The summed E-state index contributed by atoms with van der Waals surface area (Å²) in [5, 5.41) is 1.74. The van der Waals surface area contributed by atoms with Gasteiger partial charge >= 0.3 is 0 Å². The Kier molecular flexibility index (Phi) is 4.70. The minimum absolute atomic E-state index is 0.159. The predicted octanol–water partition coefficient (Wildman–Crippen LogP) is 2.06. The van der Waals surface area contributed by atoms with Crippen LogP contribution in [0.15, 0.2) is 40.3 Å². The predicted molar refractivity (Wildman–Crippen MR) is 86.3 cm³/mol. The fourth-order valence-electron chi connectivity index (χ4n) is 2.53. The quantitative estimate of drug-likeness (QED) is 0.588. The minimum atomic E-state index is 0.159. The lowest BCUT2D eigenvalue weighted by Crippen LogP contribution is -2.40. The molecule has 1 aromatic rings. The fourth-order valence-corrected chi connectivity index (χ4v) is 2.53. The molecule has 22 heavy (non-hydrogen) atoms. The molecule has 118 valence electrons. The van der Waals surface area contributed by atoms with E-state index in [2.05, 4.69) is 4.90 Å². The monoisotopic (exact) mass is 302 g/mol. The van der Waals surface area contributed by atoms with Crippen molar-refractivity contribution in [1.82, 2.24) is 9.96 Å². The number of ether oxygens (including phenoxy) is 1. The van der Waals surface area contributed by atoms with Crippen LogP contribution in [0.3, 0.4) is 0 Å². The first-order valence-corrected chi connectivity index (χ1v) is 7.67. The third-order valence-corrected chi connectivity index (χ3v) is 3.68. The first kappa shape index (κ1) is 15.0. The van der Waals surface area contributed by atoms with Crippen LogP contribution in [0.5, 0.6) is 0 Å². The van der Waals surface area contributed by atoms with E-state index in [1.54, 1.807) is 5.06 Å². The van der Waals surface area contributed by atoms with Crippen molar-refractivity contribution in [2.45, 2.75) is 19.4 Å². The van der Waals surface area contributed by atoms with Crippen molar-refractivity contribution in [2.24, 2.45) is 9.98 Å². The summed E-state index contributed by atoms with van der Waals surface area (Å²) >= 11 is 0. The second-order valence-electron chi connectivity index (χ2n) is 5.49. The Hall–Kier alpha value is -1.92. The number of hydroxylamine groups is 2. The van der Waals surface area contributed by atoms with Gasteiger partial charge in [0, 0.05) is 26.6 Å². The van der Waals surface area contributed by atoms with Gasteiger partial charge in [0.25, 0.3) is 0 Å². The van der Waals surface area contributed by atoms with Gasteiger partial charge in [0.15, 0.2) is 0 Å². The highest BCUT2D eigenvalue weighted by Crippen LogP contribution is 2.17. The van der Waals surface area contributed by atoms with Crippen molar-refractivity contribution in [3.05, 3.63) is 30.3 Å². The number of morpholine rings is 1. The first-order valence-electron chi connectivity index (χ1n) is 7.67. The summed E-state index contributed by atoms with van der Waals surface area (Å²) in [5.74, 6) is 1.64. The molecule has 0 aromatic heterocycles. The molecule has 2 aliphatic rings. The largest absolute Gasteiger partial charge is 0.378 e. The van der Waals surface area contributed by atoms with E-state index in [0.29, 0.717) is 13.2 Å². The van der Waals surface area contributed by atoms with Crippen molar-refractivity contribution in [2.75, 3.05) is 33.4 Å². The molecule has 6 nitrogen and oxygen atoms in total. The molecule has 0 spiro atoms. The van der Waals surface area contributed by atoms with Gasteiger partial charge in [-0.05, 0) is 19.1 Å². The lowest BCUT2D eigenvalue weighted by molar-refractivity contribution is -0.0889. The van der Waals surface area contributed by atoms with Gasteiger partial charge in [0.2, 0.25) is 5.96 Å². The van der Waals surface area contributed by atoms with Crippen LogP contribution in [0.2, 0.25) is 0 Å². The van der Waals surface area contributed by atoms with Crippen molar-refractivity contribution < 1.29 is 9.57 Å². The van der Waals surface area contributed by atoms with Crippen molar-refractivity contribution in [1.29, 1.82) is 0 Å². The second-order valence-corrected chi connectivity index (χ2v) is 5.49. The molecule has 0 bridgehead atoms. The molecule has 6 heteroatoms. The number of benzene rings is 1. The summed E-state index contributed by atoms with van der Waals surface area (Å²) in [6.45, 7) is 5.08. The third kappa shape index (κ3) is 3.64. The minimum Gasteiger partial charge on any atom is -0.378 e. The molecule has 3 rings (SSSR count). The first-order chi connectivity index (χ1) is 10.7. The zero-order chi connectivity index (χ0) is 15.4. The van der Waals surface area contributed by atoms with Crippen LogP contribution in [0.25, 0.3) is 0 Å². The molecule has 0 amide bonds. The highest BCUT2D eigenvalue weighted by atomic mass is 16.7. The maximum Gasteiger partial charge on any atom is 0.227 e. The summed E-state index contributed by atoms with van der Waals surface area (Å²) in [7, 11) is 1.89. The van der Waals surface area contributed by atoms with Gasteiger partial charge in [0.05, 0.1) is 25.0 Å². The number of hydrogen-bond donors (Lipinski definition) is 0. The summed E-state index contributed by atoms with van der Waals surface area (Å²) in [4.78, 5) is 17.3. The Labute approximate surface area is 131 Å².